The molecule has 0 spiro atoms. The van der Waals surface area contributed by atoms with E-state index in [-0.39, 0.29) is 18.2 Å². The van der Waals surface area contributed by atoms with Gasteiger partial charge < -0.3 is 10.2 Å². The molecule has 0 fully saturated rings. The SMILES string of the molecule is CC(=O)N1CCCn2nc(CNC(=O)Cc3[nH]nc4ccccc34)cc2C1. The molecule has 8 heteroatoms. The zero-order valence-corrected chi connectivity index (χ0v) is 15.2. The van der Waals surface area contributed by atoms with E-state index in [0.717, 1.165) is 47.5 Å². The number of rotatable bonds is 4. The number of aromatic nitrogens is 4. The summed E-state index contributed by atoms with van der Waals surface area (Å²) in [7, 11) is 0. The molecule has 1 aliphatic rings. The maximum absolute atomic E-state index is 12.3. The quantitative estimate of drug-likeness (QED) is 0.729. The Morgan fingerprint density at radius 2 is 2.11 bits per heavy atom. The van der Waals surface area contributed by atoms with Gasteiger partial charge in [-0.1, -0.05) is 18.2 Å². The van der Waals surface area contributed by atoms with Crippen LogP contribution in [0.15, 0.2) is 30.3 Å². The molecule has 1 aromatic carbocycles. The molecule has 3 heterocycles. The fourth-order valence-corrected chi connectivity index (χ4v) is 3.44. The molecule has 0 bridgehead atoms. The Kier molecular flexibility index (Phi) is 4.62. The highest BCUT2D eigenvalue weighted by Gasteiger charge is 2.18. The van der Waals surface area contributed by atoms with Gasteiger partial charge in [0.25, 0.3) is 0 Å². The summed E-state index contributed by atoms with van der Waals surface area (Å²) in [4.78, 5) is 25.8. The van der Waals surface area contributed by atoms with Crippen LogP contribution in [0.3, 0.4) is 0 Å². The number of H-pyrrole nitrogens is 1. The Labute approximate surface area is 156 Å². The zero-order valence-electron chi connectivity index (χ0n) is 15.2. The van der Waals surface area contributed by atoms with Crippen molar-refractivity contribution in [1.82, 2.24) is 30.2 Å². The number of amides is 2. The number of fused-ring (bicyclic) bond motifs is 2. The molecule has 27 heavy (non-hydrogen) atoms. The molecule has 0 atom stereocenters. The van der Waals surface area contributed by atoms with Crippen LogP contribution in [0, 0.1) is 0 Å². The minimum Gasteiger partial charge on any atom is -0.350 e. The highest BCUT2D eigenvalue weighted by atomic mass is 16.2. The Bertz CT molecular complexity index is 989. The molecule has 2 aromatic heterocycles. The summed E-state index contributed by atoms with van der Waals surface area (Å²) in [6.45, 7) is 4.06. The molecule has 0 saturated heterocycles. The van der Waals surface area contributed by atoms with Crippen LogP contribution < -0.4 is 5.32 Å². The van der Waals surface area contributed by atoms with Crippen molar-refractivity contribution in [2.24, 2.45) is 0 Å². The van der Waals surface area contributed by atoms with Crippen molar-refractivity contribution in [3.05, 3.63) is 47.4 Å². The summed E-state index contributed by atoms with van der Waals surface area (Å²) in [6, 6.07) is 9.68. The van der Waals surface area contributed by atoms with Gasteiger partial charge in [-0.3, -0.25) is 19.4 Å². The van der Waals surface area contributed by atoms with Gasteiger partial charge in [-0.25, -0.2) is 0 Å². The van der Waals surface area contributed by atoms with Gasteiger partial charge in [0.05, 0.1) is 42.1 Å². The topological polar surface area (TPSA) is 95.9 Å². The first-order valence-electron chi connectivity index (χ1n) is 9.10. The van der Waals surface area contributed by atoms with E-state index in [1.807, 2.05) is 39.9 Å². The maximum Gasteiger partial charge on any atom is 0.226 e. The third-order valence-corrected chi connectivity index (χ3v) is 4.85. The average molecular weight is 366 g/mol. The molecule has 0 saturated carbocycles. The lowest BCUT2D eigenvalue weighted by Crippen LogP contribution is -2.28. The van der Waals surface area contributed by atoms with Crippen molar-refractivity contribution in [2.45, 2.75) is 39.4 Å². The second-order valence-electron chi connectivity index (χ2n) is 6.82. The first-order chi connectivity index (χ1) is 13.1. The molecule has 0 aliphatic carbocycles. The number of nitrogens with zero attached hydrogens (tertiary/aromatic N) is 4. The lowest BCUT2D eigenvalue weighted by atomic mass is 10.1. The number of hydrogen-bond acceptors (Lipinski definition) is 4. The Morgan fingerprint density at radius 3 is 2.96 bits per heavy atom. The number of nitrogens with one attached hydrogen (secondary N) is 2. The number of carbonyl (C=O) groups is 2. The fraction of sp³-hybridized carbons (Fsp3) is 0.368. The fourth-order valence-electron chi connectivity index (χ4n) is 3.44. The number of para-hydroxylation sites is 1. The monoisotopic (exact) mass is 366 g/mol. The highest BCUT2D eigenvalue weighted by molar-refractivity contribution is 5.87. The van der Waals surface area contributed by atoms with E-state index in [1.54, 1.807) is 6.92 Å². The third-order valence-electron chi connectivity index (χ3n) is 4.85. The lowest BCUT2D eigenvalue weighted by Gasteiger charge is -2.17. The summed E-state index contributed by atoms with van der Waals surface area (Å²) in [5.74, 6) is -0.00996. The molecule has 0 unspecified atom stereocenters. The zero-order chi connectivity index (χ0) is 18.8. The number of aryl methyl sites for hydroxylation is 1. The van der Waals surface area contributed by atoms with Crippen molar-refractivity contribution in [2.75, 3.05) is 6.54 Å². The number of carbonyl (C=O) groups excluding carboxylic acids is 2. The molecule has 2 amide bonds. The van der Waals surface area contributed by atoms with E-state index >= 15 is 0 Å². The van der Waals surface area contributed by atoms with E-state index in [2.05, 4.69) is 20.6 Å². The van der Waals surface area contributed by atoms with Gasteiger partial charge in [-0.15, -0.1) is 0 Å². The largest absolute Gasteiger partial charge is 0.350 e. The van der Waals surface area contributed by atoms with Crippen LogP contribution in [0.25, 0.3) is 10.9 Å². The van der Waals surface area contributed by atoms with Crippen LogP contribution in [0.5, 0.6) is 0 Å². The predicted molar refractivity (Wildman–Crippen MR) is 99.6 cm³/mol. The van der Waals surface area contributed by atoms with E-state index in [0.29, 0.717) is 13.1 Å². The molecule has 140 valence electrons. The summed E-state index contributed by atoms with van der Waals surface area (Å²) >= 11 is 0. The molecule has 8 nitrogen and oxygen atoms in total. The molecular formula is C19H22N6O2. The number of hydrogen-bond donors (Lipinski definition) is 2. The first-order valence-corrected chi connectivity index (χ1v) is 9.10. The second kappa shape index (κ2) is 7.22. The van der Waals surface area contributed by atoms with Gasteiger partial charge in [-0.2, -0.15) is 10.2 Å². The number of benzene rings is 1. The van der Waals surface area contributed by atoms with Crippen LogP contribution in [-0.2, 0) is 35.6 Å². The van der Waals surface area contributed by atoms with Crippen molar-refractivity contribution in [3.8, 4) is 0 Å². The standard InChI is InChI=1S/C19H22N6O2/c1-13(26)24-7-4-8-25-15(12-24)9-14(23-25)11-20-19(27)10-18-16-5-2-3-6-17(16)21-22-18/h2-3,5-6,9H,4,7-8,10-12H2,1H3,(H,20,27)(H,21,22). The molecule has 2 N–H and O–H groups in total. The minimum atomic E-state index is -0.0852. The third kappa shape index (κ3) is 3.69. The summed E-state index contributed by atoms with van der Waals surface area (Å²) in [5.41, 5.74) is 3.47. The van der Waals surface area contributed by atoms with E-state index in [9.17, 15) is 9.59 Å². The molecule has 0 radical (unpaired) electrons. The number of aromatic amines is 1. The van der Waals surface area contributed by atoms with Gasteiger partial charge in [0, 0.05) is 25.4 Å². The van der Waals surface area contributed by atoms with Crippen molar-refractivity contribution < 1.29 is 9.59 Å². The lowest BCUT2D eigenvalue weighted by molar-refractivity contribution is -0.129. The van der Waals surface area contributed by atoms with Crippen molar-refractivity contribution in [1.29, 1.82) is 0 Å². The van der Waals surface area contributed by atoms with E-state index in [1.165, 1.54) is 0 Å². The van der Waals surface area contributed by atoms with Crippen LogP contribution >= 0.6 is 0 Å². The molecule has 3 aromatic rings. The minimum absolute atomic E-state index is 0.0753. The maximum atomic E-state index is 12.3. The summed E-state index contributed by atoms with van der Waals surface area (Å²) in [6.07, 6.45) is 1.12. The first kappa shape index (κ1) is 17.3. The summed E-state index contributed by atoms with van der Waals surface area (Å²) < 4.78 is 1.94. The van der Waals surface area contributed by atoms with Gasteiger partial charge in [0.1, 0.15) is 0 Å². The van der Waals surface area contributed by atoms with Crippen molar-refractivity contribution >= 4 is 22.7 Å². The van der Waals surface area contributed by atoms with Crippen molar-refractivity contribution in [3.63, 3.8) is 0 Å². The smallest absolute Gasteiger partial charge is 0.226 e. The Balaban J connectivity index is 1.38. The second-order valence-corrected chi connectivity index (χ2v) is 6.82. The highest BCUT2D eigenvalue weighted by Crippen LogP contribution is 2.16. The van der Waals surface area contributed by atoms with Gasteiger partial charge >= 0.3 is 0 Å². The average Bonchev–Trinajstić information content (AvgIpc) is 3.18. The molecule has 4 rings (SSSR count). The van der Waals surface area contributed by atoms with Crippen LogP contribution in [0.2, 0.25) is 0 Å². The Hall–Kier alpha value is -3.16. The van der Waals surface area contributed by atoms with Gasteiger partial charge in [-0.05, 0) is 18.6 Å². The molecule has 1 aliphatic heterocycles. The summed E-state index contributed by atoms with van der Waals surface area (Å²) in [5, 5.41) is 15.6. The van der Waals surface area contributed by atoms with Gasteiger partial charge in [0.2, 0.25) is 11.8 Å². The van der Waals surface area contributed by atoms with Gasteiger partial charge in [0.15, 0.2) is 0 Å². The predicted octanol–water partition coefficient (Wildman–Crippen LogP) is 1.37. The molecular weight excluding hydrogens is 344 g/mol. The van der Waals surface area contributed by atoms with E-state index in [4.69, 9.17) is 0 Å². The van der Waals surface area contributed by atoms with E-state index < -0.39 is 0 Å². The van der Waals surface area contributed by atoms with Crippen LogP contribution in [0.1, 0.15) is 30.4 Å². The van der Waals surface area contributed by atoms with Crippen LogP contribution in [-0.4, -0.2) is 43.2 Å². The normalized spacial score (nSPS) is 14.0. The Morgan fingerprint density at radius 1 is 1.26 bits per heavy atom. The van der Waals surface area contributed by atoms with Crippen LogP contribution in [0.4, 0.5) is 0 Å².